The number of methoxy groups -OCH3 is 1. The van der Waals surface area contributed by atoms with Crippen LogP contribution in [0.2, 0.25) is 0 Å². The number of nitrogens with one attached hydrogen (secondary N) is 1. The van der Waals surface area contributed by atoms with E-state index in [1.54, 1.807) is 0 Å². The number of nitrogens with zero attached hydrogens (tertiary/aromatic N) is 1. The zero-order valence-electron chi connectivity index (χ0n) is 13.9. The molecule has 0 aromatic carbocycles. The second-order valence-electron chi connectivity index (χ2n) is 7.25. The molecule has 0 aromatic rings. The first-order valence-electron chi connectivity index (χ1n) is 8.62. The minimum atomic E-state index is -0.0589. The molecule has 0 spiro atoms. The number of esters is 1. The number of carbonyl (C=O) groups is 1. The molecule has 1 N–H and O–H groups in total. The topological polar surface area (TPSA) is 41.6 Å². The Morgan fingerprint density at radius 2 is 2.10 bits per heavy atom. The molecule has 0 aromatic heterocycles. The van der Waals surface area contributed by atoms with Crippen molar-refractivity contribution in [3.8, 4) is 0 Å². The van der Waals surface area contributed by atoms with Crippen molar-refractivity contribution in [3.63, 3.8) is 0 Å². The van der Waals surface area contributed by atoms with Gasteiger partial charge in [0, 0.05) is 31.6 Å². The molecule has 0 amide bonds. The van der Waals surface area contributed by atoms with Crippen LogP contribution >= 0.6 is 0 Å². The van der Waals surface area contributed by atoms with Gasteiger partial charge in [0.2, 0.25) is 0 Å². The first-order chi connectivity index (χ1) is 10.1. The zero-order valence-corrected chi connectivity index (χ0v) is 13.9. The van der Waals surface area contributed by atoms with Crippen molar-refractivity contribution in [2.45, 2.75) is 64.5 Å². The van der Waals surface area contributed by atoms with Gasteiger partial charge in [-0.3, -0.25) is 9.69 Å². The number of likely N-dealkylation sites (tertiary alicyclic amines) is 1. The van der Waals surface area contributed by atoms with Crippen LogP contribution in [0.4, 0.5) is 0 Å². The second-order valence-corrected chi connectivity index (χ2v) is 7.25. The largest absolute Gasteiger partial charge is 0.469 e. The van der Waals surface area contributed by atoms with E-state index >= 15 is 0 Å². The van der Waals surface area contributed by atoms with Gasteiger partial charge in [0.15, 0.2) is 0 Å². The summed E-state index contributed by atoms with van der Waals surface area (Å²) in [5.41, 5.74) is 0. The van der Waals surface area contributed by atoms with Crippen molar-refractivity contribution in [3.05, 3.63) is 0 Å². The minimum Gasteiger partial charge on any atom is -0.469 e. The molecule has 0 radical (unpaired) electrons. The van der Waals surface area contributed by atoms with Gasteiger partial charge in [-0.15, -0.1) is 0 Å². The van der Waals surface area contributed by atoms with Crippen LogP contribution in [-0.4, -0.2) is 49.7 Å². The highest BCUT2D eigenvalue weighted by Crippen LogP contribution is 2.30. The fourth-order valence-corrected chi connectivity index (χ4v) is 3.48. The third-order valence-corrected chi connectivity index (χ3v) is 4.99. The SMILES string of the molecule is COC(=O)CC1CC(NCCC(C)C)CN(C2CCC2)C1. The van der Waals surface area contributed by atoms with Crippen LogP contribution < -0.4 is 5.32 Å². The first kappa shape index (κ1) is 16.8. The van der Waals surface area contributed by atoms with Crippen LogP contribution in [0.5, 0.6) is 0 Å². The molecule has 1 aliphatic carbocycles. The first-order valence-corrected chi connectivity index (χ1v) is 8.62. The van der Waals surface area contributed by atoms with Gasteiger partial charge in [-0.2, -0.15) is 0 Å². The number of carbonyl (C=O) groups excluding carboxylic acids is 1. The van der Waals surface area contributed by atoms with Crippen LogP contribution in [0.25, 0.3) is 0 Å². The molecule has 2 fully saturated rings. The summed E-state index contributed by atoms with van der Waals surface area (Å²) < 4.78 is 4.86. The highest BCUT2D eigenvalue weighted by molar-refractivity contribution is 5.69. The molecule has 4 nitrogen and oxygen atoms in total. The molecule has 2 rings (SSSR count). The minimum absolute atomic E-state index is 0.0589. The van der Waals surface area contributed by atoms with Crippen molar-refractivity contribution in [1.29, 1.82) is 0 Å². The maximum atomic E-state index is 11.6. The summed E-state index contributed by atoms with van der Waals surface area (Å²) >= 11 is 0. The van der Waals surface area contributed by atoms with Gasteiger partial charge in [-0.25, -0.2) is 0 Å². The Bertz CT molecular complexity index is 329. The number of rotatable bonds is 7. The van der Waals surface area contributed by atoms with E-state index in [1.165, 1.54) is 32.8 Å². The third-order valence-electron chi connectivity index (χ3n) is 4.99. The molecular formula is C17H32N2O2. The lowest BCUT2D eigenvalue weighted by Crippen LogP contribution is -2.54. The summed E-state index contributed by atoms with van der Waals surface area (Å²) in [7, 11) is 1.49. The molecule has 21 heavy (non-hydrogen) atoms. The van der Waals surface area contributed by atoms with Crippen molar-refractivity contribution < 1.29 is 9.53 Å². The maximum absolute atomic E-state index is 11.6. The molecule has 0 bridgehead atoms. The molecule has 1 aliphatic heterocycles. The molecule has 1 saturated heterocycles. The van der Waals surface area contributed by atoms with E-state index in [9.17, 15) is 4.79 Å². The third kappa shape index (κ3) is 5.26. The lowest BCUT2D eigenvalue weighted by Gasteiger charge is -2.45. The van der Waals surface area contributed by atoms with Crippen LogP contribution in [0, 0.1) is 11.8 Å². The summed E-state index contributed by atoms with van der Waals surface area (Å²) in [5, 5.41) is 3.71. The lowest BCUT2D eigenvalue weighted by atomic mass is 9.85. The van der Waals surface area contributed by atoms with Crippen molar-refractivity contribution in [2.24, 2.45) is 11.8 Å². The monoisotopic (exact) mass is 296 g/mol. The zero-order chi connectivity index (χ0) is 15.2. The van der Waals surface area contributed by atoms with Gasteiger partial charge in [0.05, 0.1) is 7.11 Å². The smallest absolute Gasteiger partial charge is 0.305 e. The fraction of sp³-hybridized carbons (Fsp3) is 0.941. The van der Waals surface area contributed by atoms with Gasteiger partial charge in [-0.1, -0.05) is 20.3 Å². The standard InChI is InChI=1S/C17H32N2O2/c1-13(2)7-8-18-15-9-14(10-17(20)21-3)11-19(12-15)16-5-4-6-16/h13-16,18H,4-12H2,1-3H3. The van der Waals surface area contributed by atoms with E-state index in [0.717, 1.165) is 38.0 Å². The second kappa shape index (κ2) is 8.14. The molecule has 2 unspecified atom stereocenters. The normalized spacial score (nSPS) is 27.6. The van der Waals surface area contributed by atoms with Crippen LogP contribution in [0.3, 0.4) is 0 Å². The van der Waals surface area contributed by atoms with E-state index < -0.39 is 0 Å². The fourth-order valence-electron chi connectivity index (χ4n) is 3.48. The van der Waals surface area contributed by atoms with Crippen LogP contribution in [0.15, 0.2) is 0 Å². The van der Waals surface area contributed by atoms with Crippen molar-refractivity contribution >= 4 is 5.97 Å². The Morgan fingerprint density at radius 3 is 2.67 bits per heavy atom. The van der Waals surface area contributed by atoms with Gasteiger partial charge in [-0.05, 0) is 44.1 Å². The number of ether oxygens (including phenoxy) is 1. The Kier molecular flexibility index (Phi) is 6.49. The average Bonchev–Trinajstić information content (AvgIpc) is 2.36. The highest BCUT2D eigenvalue weighted by Gasteiger charge is 2.34. The predicted octanol–water partition coefficient (Wildman–Crippen LogP) is 2.43. The molecule has 1 heterocycles. The van der Waals surface area contributed by atoms with E-state index in [-0.39, 0.29) is 5.97 Å². The molecule has 2 aliphatic rings. The van der Waals surface area contributed by atoms with E-state index in [1.807, 2.05) is 0 Å². The molecule has 4 heteroatoms. The molecule has 1 saturated carbocycles. The number of hydrogen-bond acceptors (Lipinski definition) is 4. The summed E-state index contributed by atoms with van der Waals surface area (Å²) in [6, 6.07) is 1.30. The molecular weight excluding hydrogens is 264 g/mol. The van der Waals surface area contributed by atoms with E-state index in [0.29, 0.717) is 18.4 Å². The Balaban J connectivity index is 1.84. The van der Waals surface area contributed by atoms with Gasteiger partial charge >= 0.3 is 5.97 Å². The van der Waals surface area contributed by atoms with E-state index in [2.05, 4.69) is 24.1 Å². The Morgan fingerprint density at radius 1 is 1.33 bits per heavy atom. The predicted molar refractivity (Wildman–Crippen MR) is 85.2 cm³/mol. The summed E-state index contributed by atoms with van der Waals surface area (Å²) in [4.78, 5) is 14.2. The van der Waals surface area contributed by atoms with Crippen LogP contribution in [-0.2, 0) is 9.53 Å². The highest BCUT2D eigenvalue weighted by atomic mass is 16.5. The quantitative estimate of drug-likeness (QED) is 0.733. The Labute approximate surface area is 129 Å². The summed E-state index contributed by atoms with van der Waals surface area (Å²) in [6.45, 7) is 7.85. The van der Waals surface area contributed by atoms with Crippen molar-refractivity contribution in [2.75, 3.05) is 26.7 Å². The summed E-state index contributed by atoms with van der Waals surface area (Å²) in [5.74, 6) is 1.13. The van der Waals surface area contributed by atoms with Crippen LogP contribution in [0.1, 0.15) is 52.4 Å². The Hall–Kier alpha value is -0.610. The van der Waals surface area contributed by atoms with E-state index in [4.69, 9.17) is 4.74 Å². The molecule has 2 atom stereocenters. The molecule has 122 valence electrons. The lowest BCUT2D eigenvalue weighted by molar-refractivity contribution is -0.142. The number of hydrogen-bond donors (Lipinski definition) is 1. The summed E-state index contributed by atoms with van der Waals surface area (Å²) in [6.07, 6.45) is 6.95. The van der Waals surface area contributed by atoms with Crippen molar-refractivity contribution in [1.82, 2.24) is 10.2 Å². The van der Waals surface area contributed by atoms with Gasteiger partial charge in [0.1, 0.15) is 0 Å². The number of piperidine rings is 1. The maximum Gasteiger partial charge on any atom is 0.305 e. The van der Waals surface area contributed by atoms with Gasteiger partial charge in [0.25, 0.3) is 0 Å². The average molecular weight is 296 g/mol. The van der Waals surface area contributed by atoms with Gasteiger partial charge < -0.3 is 10.1 Å².